The predicted molar refractivity (Wildman–Crippen MR) is 127 cm³/mol. The highest BCUT2D eigenvalue weighted by Gasteiger charge is 2.57. The van der Waals surface area contributed by atoms with Crippen LogP contribution in [0.3, 0.4) is 0 Å². The van der Waals surface area contributed by atoms with E-state index in [0.717, 1.165) is 35.1 Å². The van der Waals surface area contributed by atoms with Gasteiger partial charge in [-0.3, -0.25) is 9.78 Å². The highest BCUT2D eigenvalue weighted by atomic mass is 16.5. The van der Waals surface area contributed by atoms with E-state index >= 15 is 0 Å². The van der Waals surface area contributed by atoms with E-state index in [-0.39, 0.29) is 41.2 Å². The molecule has 1 aromatic carbocycles. The minimum Gasteiger partial charge on any atom is -0.489 e. The number of rotatable bonds is 3. The molecular formula is C28H30N2O3. The number of pyridine rings is 1. The molecule has 1 unspecified atom stereocenters. The van der Waals surface area contributed by atoms with E-state index in [0.29, 0.717) is 13.0 Å². The smallest absolute Gasteiger partial charge is 0.166 e. The molecule has 4 aliphatic rings. The lowest BCUT2D eigenvalue weighted by molar-refractivity contribution is -0.117. The van der Waals surface area contributed by atoms with E-state index < -0.39 is 0 Å². The normalized spacial score (nSPS) is 35.1. The maximum atomic E-state index is 12.7. The van der Waals surface area contributed by atoms with Crippen LogP contribution in [0.15, 0.2) is 71.8 Å². The minimum absolute atomic E-state index is 0.0673. The number of Topliss-reactive ketones (excluding diaryl/α,β-unsaturated/α-hetero) is 1. The number of methoxy groups -OCH3 is 1. The SMILES string of the molecule is CO[C@@H]1C[C@H]2[C@@H]3OC4=C(C=C3C=C[C@]2(C)[C@H]1c1cccc2cnccc12)C(=O)CC(CN)C4. The first-order valence-corrected chi connectivity index (χ1v) is 11.9. The standard InChI is InChI=1S/C28H30N2O3/c1-28-8-6-17-12-21-23(31)10-16(14-29)11-24(21)33-27(17)22(28)13-25(32-2)26(28)20-5-3-4-18-15-30-9-7-19(18)20/h3-9,12,15-16,22,25-27H,10-11,13-14,29H2,1-2H3/t16?,22-,25+,26-,27+,28-/m0/s1. The monoisotopic (exact) mass is 442 g/mol. The predicted octanol–water partition coefficient (Wildman–Crippen LogP) is 4.45. The molecule has 0 amide bonds. The quantitative estimate of drug-likeness (QED) is 0.760. The third kappa shape index (κ3) is 3.06. The zero-order valence-electron chi connectivity index (χ0n) is 19.2. The number of nitrogens with zero attached hydrogens (tertiary/aromatic N) is 1. The fourth-order valence-electron chi connectivity index (χ4n) is 6.75. The average molecular weight is 443 g/mol. The second-order valence-corrected chi connectivity index (χ2v) is 10.2. The molecule has 2 aromatic rings. The number of hydrogen-bond acceptors (Lipinski definition) is 5. The largest absolute Gasteiger partial charge is 0.489 e. The molecule has 2 heterocycles. The van der Waals surface area contributed by atoms with E-state index in [1.165, 1.54) is 10.9 Å². The number of ether oxygens (including phenoxy) is 2. The highest BCUT2D eigenvalue weighted by Crippen LogP contribution is 2.61. The number of carbonyl (C=O) groups is 1. The molecule has 170 valence electrons. The second-order valence-electron chi connectivity index (χ2n) is 10.2. The zero-order chi connectivity index (χ0) is 22.7. The van der Waals surface area contributed by atoms with Crippen molar-refractivity contribution in [2.24, 2.45) is 23.0 Å². The molecule has 0 bridgehead atoms. The van der Waals surface area contributed by atoms with Crippen molar-refractivity contribution in [3.05, 3.63) is 77.4 Å². The van der Waals surface area contributed by atoms with E-state index in [2.05, 4.69) is 54.4 Å². The number of carbonyl (C=O) groups excluding carboxylic acids is 1. The Balaban J connectivity index is 1.43. The van der Waals surface area contributed by atoms with Gasteiger partial charge in [-0.25, -0.2) is 0 Å². The third-order valence-corrected chi connectivity index (χ3v) is 8.47. The van der Waals surface area contributed by atoms with Crippen molar-refractivity contribution in [2.45, 2.75) is 44.3 Å². The summed E-state index contributed by atoms with van der Waals surface area (Å²) in [6, 6.07) is 8.59. The Labute approximate surface area is 194 Å². The molecule has 5 nitrogen and oxygen atoms in total. The van der Waals surface area contributed by atoms with Crippen LogP contribution < -0.4 is 5.73 Å². The van der Waals surface area contributed by atoms with Gasteiger partial charge < -0.3 is 15.2 Å². The summed E-state index contributed by atoms with van der Waals surface area (Å²) in [4.78, 5) is 17.1. The first kappa shape index (κ1) is 20.8. The van der Waals surface area contributed by atoms with Gasteiger partial charge in [0.1, 0.15) is 11.9 Å². The van der Waals surface area contributed by atoms with Gasteiger partial charge in [0.2, 0.25) is 0 Å². The Morgan fingerprint density at radius 2 is 2.15 bits per heavy atom. The number of nitrogens with two attached hydrogens (primary N) is 1. The summed E-state index contributed by atoms with van der Waals surface area (Å²) in [6.45, 7) is 2.86. The highest BCUT2D eigenvalue weighted by molar-refractivity contribution is 6.00. The molecule has 1 fully saturated rings. The van der Waals surface area contributed by atoms with Crippen LogP contribution in [0.2, 0.25) is 0 Å². The number of hydrogen-bond donors (Lipinski definition) is 1. The van der Waals surface area contributed by atoms with E-state index in [4.69, 9.17) is 15.2 Å². The van der Waals surface area contributed by atoms with Crippen LogP contribution in [0.25, 0.3) is 10.8 Å². The lowest BCUT2D eigenvalue weighted by atomic mass is 9.64. The molecular weight excluding hydrogens is 412 g/mol. The summed E-state index contributed by atoms with van der Waals surface area (Å²) < 4.78 is 12.8. The van der Waals surface area contributed by atoms with Crippen molar-refractivity contribution in [2.75, 3.05) is 13.7 Å². The Kier molecular flexibility index (Phi) is 4.82. The minimum atomic E-state index is -0.135. The van der Waals surface area contributed by atoms with Crippen LogP contribution in [0.5, 0.6) is 0 Å². The van der Waals surface area contributed by atoms with Gasteiger partial charge in [0.25, 0.3) is 0 Å². The van der Waals surface area contributed by atoms with Crippen LogP contribution >= 0.6 is 0 Å². The molecule has 0 spiro atoms. The maximum absolute atomic E-state index is 12.7. The molecule has 0 saturated heterocycles. The van der Waals surface area contributed by atoms with E-state index in [1.807, 2.05) is 19.5 Å². The van der Waals surface area contributed by atoms with Gasteiger partial charge in [-0.15, -0.1) is 0 Å². The van der Waals surface area contributed by atoms with Crippen LogP contribution in [0.4, 0.5) is 0 Å². The van der Waals surface area contributed by atoms with Crippen LogP contribution in [-0.4, -0.2) is 36.6 Å². The number of aromatic nitrogens is 1. The number of allylic oxidation sites excluding steroid dienone is 4. The van der Waals surface area contributed by atoms with Gasteiger partial charge in [-0.2, -0.15) is 0 Å². The van der Waals surface area contributed by atoms with Gasteiger partial charge in [-0.05, 0) is 47.5 Å². The van der Waals surface area contributed by atoms with Crippen LogP contribution in [-0.2, 0) is 14.3 Å². The number of ketones is 1. The van der Waals surface area contributed by atoms with Crippen molar-refractivity contribution < 1.29 is 14.3 Å². The molecule has 33 heavy (non-hydrogen) atoms. The first-order chi connectivity index (χ1) is 16.0. The molecule has 1 saturated carbocycles. The zero-order valence-corrected chi connectivity index (χ0v) is 19.2. The van der Waals surface area contributed by atoms with Gasteiger partial charge in [0.15, 0.2) is 5.78 Å². The third-order valence-electron chi connectivity index (χ3n) is 8.47. The van der Waals surface area contributed by atoms with Gasteiger partial charge >= 0.3 is 0 Å². The molecule has 6 atom stereocenters. The van der Waals surface area contributed by atoms with Crippen LogP contribution in [0.1, 0.15) is 37.7 Å². The Morgan fingerprint density at radius 1 is 1.27 bits per heavy atom. The summed E-state index contributed by atoms with van der Waals surface area (Å²) >= 11 is 0. The fraction of sp³-hybridized carbons (Fsp3) is 0.429. The second kappa shape index (κ2) is 7.64. The summed E-state index contributed by atoms with van der Waals surface area (Å²) in [5, 5.41) is 2.38. The molecule has 2 N–H and O–H groups in total. The van der Waals surface area contributed by atoms with Gasteiger partial charge in [0.05, 0.1) is 11.7 Å². The number of benzene rings is 1. The Morgan fingerprint density at radius 3 is 2.97 bits per heavy atom. The average Bonchev–Trinajstić information content (AvgIpc) is 3.15. The lowest BCUT2D eigenvalue weighted by Gasteiger charge is -2.45. The topological polar surface area (TPSA) is 74.4 Å². The molecule has 0 radical (unpaired) electrons. The molecule has 1 aromatic heterocycles. The molecule has 3 aliphatic carbocycles. The van der Waals surface area contributed by atoms with E-state index in [9.17, 15) is 4.79 Å². The fourth-order valence-corrected chi connectivity index (χ4v) is 6.75. The summed E-state index contributed by atoms with van der Waals surface area (Å²) in [6.07, 6.45) is 12.6. The van der Waals surface area contributed by atoms with Gasteiger partial charge in [0, 0.05) is 55.0 Å². The van der Waals surface area contributed by atoms with Crippen molar-refractivity contribution in [3.63, 3.8) is 0 Å². The van der Waals surface area contributed by atoms with Crippen molar-refractivity contribution >= 4 is 16.6 Å². The Bertz CT molecular complexity index is 1220. The summed E-state index contributed by atoms with van der Waals surface area (Å²) in [7, 11) is 1.82. The molecule has 1 aliphatic heterocycles. The van der Waals surface area contributed by atoms with Crippen LogP contribution in [0, 0.1) is 17.3 Å². The van der Waals surface area contributed by atoms with Crippen molar-refractivity contribution in [1.82, 2.24) is 4.98 Å². The first-order valence-electron chi connectivity index (χ1n) is 11.9. The van der Waals surface area contributed by atoms with Crippen molar-refractivity contribution in [1.29, 1.82) is 0 Å². The van der Waals surface area contributed by atoms with E-state index in [1.54, 1.807) is 0 Å². The van der Waals surface area contributed by atoms with Crippen molar-refractivity contribution in [3.8, 4) is 0 Å². The molecule has 6 rings (SSSR count). The maximum Gasteiger partial charge on any atom is 0.166 e. The van der Waals surface area contributed by atoms with Gasteiger partial charge in [-0.1, -0.05) is 37.3 Å². The Hall–Kier alpha value is -2.76. The summed E-state index contributed by atoms with van der Waals surface area (Å²) in [5.41, 5.74) is 8.93. The summed E-state index contributed by atoms with van der Waals surface area (Å²) in [5.74, 6) is 1.61. The lowest BCUT2D eigenvalue weighted by Crippen LogP contribution is -2.41. The molecule has 5 heteroatoms. The number of fused-ring (bicyclic) bond motifs is 4.